The molecule has 0 saturated carbocycles. The average molecular weight is 248 g/mol. The lowest BCUT2D eigenvalue weighted by Crippen LogP contribution is -2.07. The van der Waals surface area contributed by atoms with Crippen LogP contribution in [-0.2, 0) is 0 Å². The van der Waals surface area contributed by atoms with E-state index in [-0.39, 0.29) is 5.75 Å². The number of phenols is 1. The van der Waals surface area contributed by atoms with E-state index in [1.54, 1.807) is 12.1 Å². The summed E-state index contributed by atoms with van der Waals surface area (Å²) in [5.41, 5.74) is 3.79. The van der Waals surface area contributed by atoms with Gasteiger partial charge >= 0.3 is 0 Å². The predicted octanol–water partition coefficient (Wildman–Crippen LogP) is 3.61. The van der Waals surface area contributed by atoms with E-state index in [1.807, 2.05) is 42.5 Å². The van der Waals surface area contributed by atoms with Gasteiger partial charge in [0.1, 0.15) is 11.9 Å². The summed E-state index contributed by atoms with van der Waals surface area (Å²) in [4.78, 5) is 0. The smallest absolute Gasteiger partial charge is 0.116 e. The number of hydrogen-bond acceptors (Lipinski definition) is 2. The molecule has 0 saturated heterocycles. The van der Waals surface area contributed by atoms with Gasteiger partial charge in [-0.15, -0.1) is 0 Å². The average Bonchev–Trinajstić information content (AvgIpc) is 2.44. The molecular weight excluding hydrogens is 236 g/mol. The fourth-order valence-electron chi connectivity index (χ4n) is 3.03. The number of benzene rings is 3. The molecule has 1 unspecified atom stereocenters. The number of phenolic OH excluding ortho intramolecular Hbond substituents is 1. The summed E-state index contributed by atoms with van der Waals surface area (Å²) >= 11 is 0. The third-order valence-corrected chi connectivity index (χ3v) is 3.83. The van der Waals surface area contributed by atoms with Gasteiger partial charge in [0.25, 0.3) is 0 Å². The van der Waals surface area contributed by atoms with Crippen molar-refractivity contribution in [2.24, 2.45) is 0 Å². The molecule has 0 aromatic heterocycles. The number of aromatic hydroxyl groups is 1. The highest BCUT2D eigenvalue weighted by molar-refractivity contribution is 6.03. The molecule has 19 heavy (non-hydrogen) atoms. The molecule has 0 radical (unpaired) electrons. The maximum Gasteiger partial charge on any atom is 0.116 e. The van der Waals surface area contributed by atoms with E-state index in [0.717, 1.165) is 33.0 Å². The fourth-order valence-corrected chi connectivity index (χ4v) is 3.03. The molecule has 2 heteroatoms. The van der Waals surface area contributed by atoms with Gasteiger partial charge < -0.3 is 10.2 Å². The second kappa shape index (κ2) is 3.59. The van der Waals surface area contributed by atoms with E-state index in [4.69, 9.17) is 0 Å². The van der Waals surface area contributed by atoms with E-state index in [0.29, 0.717) is 0 Å². The molecule has 0 amide bonds. The zero-order valence-electron chi connectivity index (χ0n) is 10.2. The van der Waals surface area contributed by atoms with Crippen molar-refractivity contribution in [3.05, 3.63) is 65.7 Å². The van der Waals surface area contributed by atoms with Gasteiger partial charge in [0.05, 0.1) is 0 Å². The van der Waals surface area contributed by atoms with Crippen LogP contribution in [0.1, 0.15) is 17.2 Å². The molecule has 0 fully saturated rings. The van der Waals surface area contributed by atoms with E-state index in [9.17, 15) is 10.2 Å². The molecule has 3 aromatic rings. The van der Waals surface area contributed by atoms with E-state index >= 15 is 0 Å². The second-order valence-electron chi connectivity index (χ2n) is 4.93. The number of aliphatic hydroxyl groups is 1. The standard InChI is InChI=1S/C17H12O2/c18-11-8-10-4-3-7-14-16(10)15(9-11)12-5-1-2-6-13(12)17(14)19/h1-9,17-19H. The third kappa shape index (κ3) is 1.35. The van der Waals surface area contributed by atoms with Crippen LogP contribution < -0.4 is 0 Å². The van der Waals surface area contributed by atoms with Gasteiger partial charge in [0.15, 0.2) is 0 Å². The van der Waals surface area contributed by atoms with Gasteiger partial charge in [0, 0.05) is 0 Å². The molecule has 0 aliphatic heterocycles. The first kappa shape index (κ1) is 10.6. The molecule has 3 aromatic carbocycles. The van der Waals surface area contributed by atoms with Crippen molar-refractivity contribution in [2.45, 2.75) is 6.10 Å². The van der Waals surface area contributed by atoms with Gasteiger partial charge in [-0.05, 0) is 45.2 Å². The van der Waals surface area contributed by atoms with Crippen molar-refractivity contribution >= 4 is 10.8 Å². The maximum absolute atomic E-state index is 10.5. The van der Waals surface area contributed by atoms with Crippen molar-refractivity contribution in [3.63, 3.8) is 0 Å². The summed E-state index contributed by atoms with van der Waals surface area (Å²) in [7, 11) is 0. The highest BCUT2D eigenvalue weighted by atomic mass is 16.3. The number of hydrogen-bond donors (Lipinski definition) is 2. The fraction of sp³-hybridized carbons (Fsp3) is 0.0588. The molecule has 0 spiro atoms. The lowest BCUT2D eigenvalue weighted by atomic mass is 9.82. The van der Waals surface area contributed by atoms with Gasteiger partial charge in [-0.1, -0.05) is 42.5 Å². The predicted molar refractivity (Wildman–Crippen MR) is 75.1 cm³/mol. The molecule has 2 N–H and O–H groups in total. The molecule has 0 bridgehead atoms. The minimum absolute atomic E-state index is 0.255. The molecule has 0 heterocycles. The Morgan fingerprint density at radius 2 is 1.58 bits per heavy atom. The number of fused-ring (bicyclic) bond motifs is 2. The van der Waals surface area contributed by atoms with E-state index in [1.165, 1.54) is 0 Å². The highest BCUT2D eigenvalue weighted by Crippen LogP contribution is 2.45. The largest absolute Gasteiger partial charge is 0.508 e. The number of rotatable bonds is 0. The lowest BCUT2D eigenvalue weighted by molar-refractivity contribution is 0.221. The topological polar surface area (TPSA) is 40.5 Å². The first-order valence-electron chi connectivity index (χ1n) is 6.29. The Bertz CT molecular complexity index is 805. The molecule has 92 valence electrons. The minimum atomic E-state index is -0.600. The van der Waals surface area contributed by atoms with Crippen molar-refractivity contribution < 1.29 is 10.2 Å². The van der Waals surface area contributed by atoms with Crippen molar-refractivity contribution in [1.29, 1.82) is 0 Å². The summed E-state index contributed by atoms with van der Waals surface area (Å²) in [5, 5.41) is 22.4. The quantitative estimate of drug-likeness (QED) is 0.638. The van der Waals surface area contributed by atoms with Crippen LogP contribution in [-0.4, -0.2) is 10.2 Å². The van der Waals surface area contributed by atoms with Crippen LogP contribution >= 0.6 is 0 Å². The van der Waals surface area contributed by atoms with Gasteiger partial charge in [-0.3, -0.25) is 0 Å². The first-order chi connectivity index (χ1) is 9.25. The molecule has 2 nitrogen and oxygen atoms in total. The van der Waals surface area contributed by atoms with Crippen molar-refractivity contribution in [2.75, 3.05) is 0 Å². The Morgan fingerprint density at radius 1 is 0.789 bits per heavy atom. The van der Waals surface area contributed by atoms with Crippen LogP contribution in [0.5, 0.6) is 5.75 Å². The summed E-state index contributed by atoms with van der Waals surface area (Å²) < 4.78 is 0. The third-order valence-electron chi connectivity index (χ3n) is 3.83. The number of aliphatic hydroxyl groups excluding tert-OH is 1. The van der Waals surface area contributed by atoms with Crippen LogP contribution in [0.3, 0.4) is 0 Å². The maximum atomic E-state index is 10.5. The highest BCUT2D eigenvalue weighted by Gasteiger charge is 2.25. The molecular formula is C17H12O2. The van der Waals surface area contributed by atoms with Crippen LogP contribution in [0, 0.1) is 0 Å². The summed E-state index contributed by atoms with van der Waals surface area (Å²) in [6, 6.07) is 17.1. The minimum Gasteiger partial charge on any atom is -0.508 e. The van der Waals surface area contributed by atoms with Gasteiger partial charge in [0.2, 0.25) is 0 Å². The molecule has 4 rings (SSSR count). The monoisotopic (exact) mass is 248 g/mol. The van der Waals surface area contributed by atoms with Crippen LogP contribution in [0.15, 0.2) is 54.6 Å². The van der Waals surface area contributed by atoms with Crippen molar-refractivity contribution in [3.8, 4) is 16.9 Å². The Labute approximate surface area is 110 Å². The Morgan fingerprint density at radius 3 is 2.47 bits per heavy atom. The molecule has 1 aliphatic rings. The summed E-state index contributed by atoms with van der Waals surface area (Å²) in [6.07, 6.45) is -0.600. The Kier molecular flexibility index (Phi) is 2.00. The van der Waals surface area contributed by atoms with Crippen LogP contribution in [0.2, 0.25) is 0 Å². The lowest BCUT2D eigenvalue weighted by Gasteiger charge is -2.25. The second-order valence-corrected chi connectivity index (χ2v) is 4.93. The Hall–Kier alpha value is -2.32. The molecule has 1 atom stereocenters. The van der Waals surface area contributed by atoms with Crippen LogP contribution in [0.4, 0.5) is 0 Å². The van der Waals surface area contributed by atoms with E-state index in [2.05, 4.69) is 0 Å². The first-order valence-corrected chi connectivity index (χ1v) is 6.29. The van der Waals surface area contributed by atoms with Gasteiger partial charge in [-0.25, -0.2) is 0 Å². The Balaban J connectivity index is 2.25. The zero-order valence-corrected chi connectivity index (χ0v) is 10.2. The van der Waals surface area contributed by atoms with Crippen LogP contribution in [0.25, 0.3) is 21.9 Å². The SMILES string of the molecule is Oc1cc2c3c(cccc3c1)C(O)c1ccccc1-2. The molecule has 1 aliphatic carbocycles. The van der Waals surface area contributed by atoms with Gasteiger partial charge in [-0.2, -0.15) is 0 Å². The van der Waals surface area contributed by atoms with E-state index < -0.39 is 6.10 Å². The normalized spacial score (nSPS) is 16.4. The summed E-state index contributed by atoms with van der Waals surface area (Å²) in [5.74, 6) is 0.255. The zero-order chi connectivity index (χ0) is 13.0. The van der Waals surface area contributed by atoms with Crippen molar-refractivity contribution in [1.82, 2.24) is 0 Å². The summed E-state index contributed by atoms with van der Waals surface area (Å²) in [6.45, 7) is 0.